The van der Waals surface area contributed by atoms with Gasteiger partial charge in [-0.1, -0.05) is 30.3 Å². The molecule has 0 amide bonds. The van der Waals surface area contributed by atoms with Crippen LogP contribution < -0.4 is 5.32 Å². The van der Waals surface area contributed by atoms with Crippen molar-refractivity contribution in [3.8, 4) is 5.75 Å². The van der Waals surface area contributed by atoms with E-state index in [9.17, 15) is 9.90 Å². The van der Waals surface area contributed by atoms with E-state index in [1.54, 1.807) is 6.07 Å². The van der Waals surface area contributed by atoms with Crippen molar-refractivity contribution < 1.29 is 15.0 Å². The van der Waals surface area contributed by atoms with E-state index in [-0.39, 0.29) is 11.1 Å². The fourth-order valence-corrected chi connectivity index (χ4v) is 3.64. The highest BCUT2D eigenvalue weighted by atomic mass is 32.2. The Balaban J connectivity index is 2.05. The second kappa shape index (κ2) is 4.75. The van der Waals surface area contributed by atoms with Crippen molar-refractivity contribution in [3.05, 3.63) is 42.0 Å². The lowest BCUT2D eigenvalue weighted by Gasteiger charge is -2.15. The Morgan fingerprint density at radius 2 is 2.05 bits per heavy atom. The molecule has 1 heterocycles. The zero-order valence-corrected chi connectivity index (χ0v) is 10.9. The summed E-state index contributed by atoms with van der Waals surface area (Å²) in [5.74, 6) is -0.146. The number of phenolic OH excluding ortho intramolecular Hbond substituents is 1. The molecule has 0 unspecified atom stereocenters. The number of carbonyl (C=O) groups is 1. The van der Waals surface area contributed by atoms with Crippen LogP contribution in [0, 0.1) is 0 Å². The monoisotopic (exact) mass is 275 g/mol. The highest BCUT2D eigenvalue weighted by molar-refractivity contribution is 7.99. The molecule has 0 saturated carbocycles. The number of rotatable bonds is 2. The van der Waals surface area contributed by atoms with Crippen LogP contribution in [0.4, 0.5) is 0 Å². The van der Waals surface area contributed by atoms with Gasteiger partial charge in [0, 0.05) is 11.3 Å². The van der Waals surface area contributed by atoms with E-state index in [1.807, 2.05) is 30.3 Å². The number of carboxylic acids is 1. The van der Waals surface area contributed by atoms with Crippen molar-refractivity contribution in [2.24, 2.45) is 0 Å². The molecule has 0 spiro atoms. The molecule has 0 aliphatic carbocycles. The third-order valence-electron chi connectivity index (χ3n) is 3.29. The summed E-state index contributed by atoms with van der Waals surface area (Å²) in [5.41, 5.74) is 0.770. The average molecular weight is 275 g/mol. The van der Waals surface area contributed by atoms with Crippen molar-refractivity contribution in [1.82, 2.24) is 5.32 Å². The fraction of sp³-hybridized carbons (Fsp3) is 0.214. The maximum absolute atomic E-state index is 11.0. The van der Waals surface area contributed by atoms with E-state index in [0.717, 1.165) is 16.3 Å². The van der Waals surface area contributed by atoms with E-state index < -0.39 is 12.0 Å². The Hall–Kier alpha value is -1.72. The molecule has 1 aliphatic heterocycles. The second-order valence-electron chi connectivity index (χ2n) is 4.49. The molecule has 98 valence electrons. The number of carboxylic acid groups (broad SMARTS) is 1. The van der Waals surface area contributed by atoms with Crippen LogP contribution in [0.5, 0.6) is 5.75 Å². The van der Waals surface area contributed by atoms with Gasteiger partial charge in [-0.05, 0) is 16.8 Å². The van der Waals surface area contributed by atoms with Crippen molar-refractivity contribution in [3.63, 3.8) is 0 Å². The van der Waals surface area contributed by atoms with Gasteiger partial charge in [0.1, 0.15) is 11.8 Å². The van der Waals surface area contributed by atoms with Gasteiger partial charge in [0.25, 0.3) is 0 Å². The largest absolute Gasteiger partial charge is 0.508 e. The first-order chi connectivity index (χ1) is 9.16. The molecule has 3 rings (SSSR count). The summed E-state index contributed by atoms with van der Waals surface area (Å²) in [6.07, 6.45) is 0. The van der Waals surface area contributed by atoms with Crippen LogP contribution in [0.15, 0.2) is 36.4 Å². The van der Waals surface area contributed by atoms with Crippen LogP contribution in [-0.2, 0) is 4.79 Å². The zero-order valence-electron chi connectivity index (χ0n) is 10.0. The summed E-state index contributed by atoms with van der Waals surface area (Å²) in [4.78, 5) is 11.0. The van der Waals surface area contributed by atoms with E-state index in [4.69, 9.17) is 5.11 Å². The molecule has 1 saturated heterocycles. The number of benzene rings is 2. The molecule has 0 bridgehead atoms. The van der Waals surface area contributed by atoms with Crippen LogP contribution in [-0.4, -0.2) is 28.0 Å². The number of phenols is 1. The lowest BCUT2D eigenvalue weighted by molar-refractivity contribution is -0.138. The summed E-state index contributed by atoms with van der Waals surface area (Å²) in [6.45, 7) is 0. The van der Waals surface area contributed by atoms with Crippen LogP contribution in [0.25, 0.3) is 10.8 Å². The van der Waals surface area contributed by atoms with E-state index >= 15 is 0 Å². The standard InChI is InChI=1S/C14H13NO3S/c16-11-6-5-8-3-1-2-4-9(8)12(11)13-15-10(7-19-13)14(17)18/h1-6,10,13,15-16H,7H2,(H,17,18)/t10-,13+/m1/s1. The average Bonchev–Trinajstić information content (AvgIpc) is 2.88. The summed E-state index contributed by atoms with van der Waals surface area (Å²) in [6, 6.07) is 10.7. The van der Waals surface area contributed by atoms with Crippen LogP contribution >= 0.6 is 11.8 Å². The minimum atomic E-state index is -0.852. The zero-order chi connectivity index (χ0) is 13.4. The minimum Gasteiger partial charge on any atom is -0.508 e. The third kappa shape index (κ3) is 2.15. The van der Waals surface area contributed by atoms with Gasteiger partial charge in [-0.15, -0.1) is 11.8 Å². The van der Waals surface area contributed by atoms with Gasteiger partial charge >= 0.3 is 5.97 Å². The van der Waals surface area contributed by atoms with Gasteiger partial charge in [0.05, 0.1) is 5.37 Å². The van der Waals surface area contributed by atoms with Crippen molar-refractivity contribution >= 4 is 28.5 Å². The summed E-state index contributed by atoms with van der Waals surface area (Å²) in [5, 5.41) is 24.0. The lowest BCUT2D eigenvalue weighted by atomic mass is 10.0. The molecule has 5 heteroatoms. The Morgan fingerprint density at radius 1 is 1.26 bits per heavy atom. The second-order valence-corrected chi connectivity index (χ2v) is 5.63. The van der Waals surface area contributed by atoms with Gasteiger partial charge in [-0.25, -0.2) is 0 Å². The molecular weight excluding hydrogens is 262 g/mol. The Kier molecular flexibility index (Phi) is 3.08. The number of aliphatic carboxylic acids is 1. The van der Waals surface area contributed by atoms with E-state index in [1.165, 1.54) is 11.8 Å². The third-order valence-corrected chi connectivity index (χ3v) is 4.52. The number of fused-ring (bicyclic) bond motifs is 1. The predicted octanol–water partition coefficient (Wildman–Crippen LogP) is 2.33. The maximum Gasteiger partial charge on any atom is 0.321 e. The topological polar surface area (TPSA) is 69.6 Å². The van der Waals surface area contributed by atoms with Crippen LogP contribution in [0.2, 0.25) is 0 Å². The fourth-order valence-electron chi connectivity index (χ4n) is 2.34. The van der Waals surface area contributed by atoms with Crippen molar-refractivity contribution in [2.75, 3.05) is 5.75 Å². The Bertz CT molecular complexity index is 644. The van der Waals surface area contributed by atoms with Crippen LogP contribution in [0.3, 0.4) is 0 Å². The molecule has 1 aliphatic rings. The normalized spacial score (nSPS) is 22.7. The van der Waals surface area contributed by atoms with Crippen molar-refractivity contribution in [2.45, 2.75) is 11.4 Å². The molecule has 2 aromatic carbocycles. The number of hydrogen-bond donors (Lipinski definition) is 3. The molecule has 0 radical (unpaired) electrons. The summed E-state index contributed by atoms with van der Waals surface area (Å²) >= 11 is 1.51. The number of nitrogens with one attached hydrogen (secondary N) is 1. The van der Waals surface area contributed by atoms with Gasteiger partial charge in [0.2, 0.25) is 0 Å². The Labute approximate surface area is 114 Å². The molecule has 1 fully saturated rings. The molecule has 2 aromatic rings. The SMILES string of the molecule is O=C(O)[C@H]1CS[C@@H](c2c(O)ccc3ccccc23)N1. The first-order valence-electron chi connectivity index (χ1n) is 5.98. The van der Waals surface area contributed by atoms with Crippen LogP contribution in [0.1, 0.15) is 10.9 Å². The molecule has 3 N–H and O–H groups in total. The first-order valence-corrected chi connectivity index (χ1v) is 7.03. The summed E-state index contributed by atoms with van der Waals surface area (Å²) < 4.78 is 0. The lowest BCUT2D eigenvalue weighted by Crippen LogP contribution is -2.33. The van der Waals surface area contributed by atoms with Gasteiger partial charge in [-0.3, -0.25) is 10.1 Å². The highest BCUT2D eigenvalue weighted by Crippen LogP contribution is 2.41. The van der Waals surface area contributed by atoms with Gasteiger partial charge in [-0.2, -0.15) is 0 Å². The molecule has 0 aromatic heterocycles. The number of hydrogen-bond acceptors (Lipinski definition) is 4. The quantitative estimate of drug-likeness (QED) is 0.785. The molecule has 19 heavy (non-hydrogen) atoms. The highest BCUT2D eigenvalue weighted by Gasteiger charge is 2.32. The molecule has 4 nitrogen and oxygen atoms in total. The van der Waals surface area contributed by atoms with Crippen molar-refractivity contribution in [1.29, 1.82) is 0 Å². The number of thioether (sulfide) groups is 1. The molecule has 2 atom stereocenters. The number of aromatic hydroxyl groups is 1. The van der Waals surface area contributed by atoms with E-state index in [0.29, 0.717) is 5.75 Å². The Morgan fingerprint density at radius 3 is 2.79 bits per heavy atom. The minimum absolute atomic E-state index is 0.188. The maximum atomic E-state index is 11.0. The van der Waals surface area contributed by atoms with Gasteiger partial charge in [0.15, 0.2) is 0 Å². The predicted molar refractivity (Wildman–Crippen MR) is 75.4 cm³/mol. The molecular formula is C14H13NO3S. The summed E-state index contributed by atoms with van der Waals surface area (Å²) in [7, 11) is 0. The van der Waals surface area contributed by atoms with Gasteiger partial charge < -0.3 is 10.2 Å². The van der Waals surface area contributed by atoms with E-state index in [2.05, 4.69) is 5.32 Å². The first kappa shape index (κ1) is 12.3. The smallest absolute Gasteiger partial charge is 0.321 e.